The Kier molecular flexibility index (Phi) is 6.30. The lowest BCUT2D eigenvalue weighted by Gasteiger charge is -2.07. The molecule has 0 radical (unpaired) electrons. The van der Waals surface area contributed by atoms with Crippen LogP contribution in [0.2, 0.25) is 0 Å². The quantitative estimate of drug-likeness (QED) is 0.603. The lowest BCUT2D eigenvalue weighted by Crippen LogP contribution is -2.22. The molecule has 0 aliphatic heterocycles. The molecule has 1 amide bonds. The number of carbonyl (C=O) groups excluding carboxylic acids is 1. The molecule has 1 aromatic carbocycles. The molecule has 3 rings (SSSR count). The number of aromatic nitrogens is 2. The Balaban J connectivity index is 1.75. The number of thioether (sulfide) groups is 1. The molecule has 148 valence electrons. The summed E-state index contributed by atoms with van der Waals surface area (Å²) in [5.74, 6) is 0.884. The zero-order valence-electron chi connectivity index (χ0n) is 15.0. The van der Waals surface area contributed by atoms with E-state index in [0.717, 1.165) is 5.56 Å². The number of H-pyrrole nitrogens is 1. The fourth-order valence-corrected chi connectivity index (χ4v) is 4.19. The molecular formula is C18H17F2N3O3S2. The van der Waals surface area contributed by atoms with Crippen molar-refractivity contribution in [2.45, 2.75) is 25.8 Å². The highest BCUT2D eigenvalue weighted by Gasteiger charge is 2.19. The molecule has 2 N–H and O–H groups in total. The summed E-state index contributed by atoms with van der Waals surface area (Å²) in [5.41, 5.74) is 1.06. The summed E-state index contributed by atoms with van der Waals surface area (Å²) in [7, 11) is 0. The molecule has 0 fully saturated rings. The fraction of sp³-hybridized carbons (Fsp3) is 0.278. The van der Waals surface area contributed by atoms with Crippen molar-refractivity contribution in [3.05, 3.63) is 56.4 Å². The van der Waals surface area contributed by atoms with E-state index in [1.165, 1.54) is 23.5 Å². The van der Waals surface area contributed by atoms with Gasteiger partial charge in [0.05, 0.1) is 16.0 Å². The van der Waals surface area contributed by atoms with E-state index in [1.807, 2.05) is 6.26 Å². The maximum atomic E-state index is 12.6. The van der Waals surface area contributed by atoms with Gasteiger partial charge in [0.1, 0.15) is 16.4 Å². The third-order valence-corrected chi connectivity index (χ3v) is 5.69. The smallest absolute Gasteiger partial charge is 0.387 e. The van der Waals surface area contributed by atoms with Crippen molar-refractivity contribution in [1.82, 2.24) is 15.3 Å². The number of hydrogen-bond acceptors (Lipinski definition) is 6. The van der Waals surface area contributed by atoms with Crippen LogP contribution in [0.3, 0.4) is 0 Å². The van der Waals surface area contributed by atoms with Crippen molar-refractivity contribution in [2.75, 3.05) is 6.26 Å². The zero-order chi connectivity index (χ0) is 20.3. The molecular weight excluding hydrogens is 408 g/mol. The number of ether oxygens (including phenoxy) is 1. The average molecular weight is 425 g/mol. The van der Waals surface area contributed by atoms with Crippen LogP contribution in [0.15, 0.2) is 29.1 Å². The summed E-state index contributed by atoms with van der Waals surface area (Å²) >= 11 is 2.72. The van der Waals surface area contributed by atoms with Crippen molar-refractivity contribution in [3.8, 4) is 5.75 Å². The molecule has 0 saturated heterocycles. The Morgan fingerprint density at radius 2 is 2.07 bits per heavy atom. The van der Waals surface area contributed by atoms with Gasteiger partial charge in [0, 0.05) is 6.54 Å². The second-order valence-electron chi connectivity index (χ2n) is 5.89. The van der Waals surface area contributed by atoms with Crippen LogP contribution in [0.1, 0.15) is 26.6 Å². The van der Waals surface area contributed by atoms with E-state index in [0.29, 0.717) is 32.2 Å². The summed E-state index contributed by atoms with van der Waals surface area (Å²) in [6.45, 7) is -0.951. The zero-order valence-corrected chi connectivity index (χ0v) is 16.7. The van der Waals surface area contributed by atoms with Crippen molar-refractivity contribution < 1.29 is 18.3 Å². The molecule has 0 aliphatic rings. The first-order valence-corrected chi connectivity index (χ1v) is 10.4. The van der Waals surface area contributed by atoms with Gasteiger partial charge in [0.15, 0.2) is 0 Å². The summed E-state index contributed by atoms with van der Waals surface area (Å²) < 4.78 is 28.6. The monoisotopic (exact) mass is 425 g/mol. The van der Waals surface area contributed by atoms with Crippen LogP contribution in [0, 0.1) is 6.92 Å². The lowest BCUT2D eigenvalue weighted by molar-refractivity contribution is -0.0498. The number of aryl methyl sites for hydroxylation is 1. The van der Waals surface area contributed by atoms with Crippen LogP contribution in [-0.4, -0.2) is 28.7 Å². The number of alkyl halides is 2. The largest absolute Gasteiger partial charge is 0.435 e. The average Bonchev–Trinajstić information content (AvgIpc) is 2.98. The maximum Gasteiger partial charge on any atom is 0.387 e. The molecule has 2 heterocycles. The van der Waals surface area contributed by atoms with E-state index in [4.69, 9.17) is 0 Å². The molecule has 0 saturated carbocycles. The number of rotatable bonds is 7. The predicted molar refractivity (Wildman–Crippen MR) is 106 cm³/mol. The number of halogens is 2. The minimum atomic E-state index is -2.88. The maximum absolute atomic E-state index is 12.6. The van der Waals surface area contributed by atoms with Gasteiger partial charge in [-0.15, -0.1) is 11.3 Å². The van der Waals surface area contributed by atoms with Gasteiger partial charge in [-0.1, -0.05) is 12.1 Å². The van der Waals surface area contributed by atoms with E-state index in [9.17, 15) is 18.4 Å². The second-order valence-corrected chi connectivity index (χ2v) is 7.75. The molecule has 0 unspecified atom stereocenters. The first kappa shape index (κ1) is 20.3. The van der Waals surface area contributed by atoms with Crippen LogP contribution < -0.4 is 15.6 Å². The molecule has 10 heteroatoms. The number of aromatic amines is 1. The Morgan fingerprint density at radius 1 is 1.36 bits per heavy atom. The Labute approximate surface area is 167 Å². The van der Waals surface area contributed by atoms with Crippen molar-refractivity contribution in [1.29, 1.82) is 0 Å². The van der Waals surface area contributed by atoms with Gasteiger partial charge in [0.2, 0.25) is 0 Å². The SMILES string of the molecule is CSCc1nc2sc(C(=O)NCc3ccc(OC(F)F)cc3)c(C)c2c(=O)[nH]1. The standard InChI is InChI=1S/C18H17F2N3O3S2/c1-9-13-15(24)22-12(8-27-2)23-17(13)28-14(9)16(25)21-7-10-3-5-11(6-4-10)26-18(19)20/h3-6,18H,7-8H2,1-2H3,(H,21,25)(H,22,23,24). The molecule has 0 atom stereocenters. The van der Waals surface area contributed by atoms with Gasteiger partial charge in [-0.2, -0.15) is 20.5 Å². The predicted octanol–water partition coefficient (Wildman–Crippen LogP) is 3.69. The van der Waals surface area contributed by atoms with Crippen molar-refractivity contribution in [3.63, 3.8) is 0 Å². The van der Waals surface area contributed by atoms with E-state index in [-0.39, 0.29) is 23.8 Å². The normalized spacial score (nSPS) is 11.2. The lowest BCUT2D eigenvalue weighted by atomic mass is 10.2. The molecule has 0 bridgehead atoms. The summed E-state index contributed by atoms with van der Waals surface area (Å²) in [4.78, 5) is 33.0. The van der Waals surface area contributed by atoms with E-state index in [2.05, 4.69) is 20.0 Å². The minimum absolute atomic E-state index is 0.0526. The first-order chi connectivity index (χ1) is 13.4. The van der Waals surface area contributed by atoms with Gasteiger partial charge >= 0.3 is 6.61 Å². The van der Waals surface area contributed by atoms with Crippen molar-refractivity contribution >= 4 is 39.2 Å². The highest BCUT2D eigenvalue weighted by molar-refractivity contribution is 7.97. The number of nitrogens with one attached hydrogen (secondary N) is 2. The van der Waals surface area contributed by atoms with Crippen LogP contribution in [0.25, 0.3) is 10.2 Å². The highest BCUT2D eigenvalue weighted by Crippen LogP contribution is 2.27. The summed E-state index contributed by atoms with van der Waals surface area (Å²) in [6.07, 6.45) is 1.91. The van der Waals surface area contributed by atoms with Gasteiger partial charge in [-0.05, 0) is 36.4 Å². The van der Waals surface area contributed by atoms with Gasteiger partial charge in [-0.25, -0.2) is 4.98 Å². The summed E-state index contributed by atoms with van der Waals surface area (Å²) in [5, 5.41) is 3.20. The second kappa shape index (κ2) is 8.70. The van der Waals surface area contributed by atoms with E-state index in [1.54, 1.807) is 30.8 Å². The minimum Gasteiger partial charge on any atom is -0.435 e. The van der Waals surface area contributed by atoms with E-state index >= 15 is 0 Å². The van der Waals surface area contributed by atoms with Gasteiger partial charge in [0.25, 0.3) is 11.5 Å². The third kappa shape index (κ3) is 4.50. The first-order valence-electron chi connectivity index (χ1n) is 8.22. The molecule has 0 aliphatic carbocycles. The third-order valence-electron chi connectivity index (χ3n) is 3.94. The van der Waals surface area contributed by atoms with Crippen LogP contribution >= 0.6 is 23.1 Å². The number of nitrogens with zero attached hydrogens (tertiary/aromatic N) is 1. The van der Waals surface area contributed by atoms with E-state index < -0.39 is 6.61 Å². The summed E-state index contributed by atoms with van der Waals surface area (Å²) in [6, 6.07) is 6.01. The van der Waals surface area contributed by atoms with Gasteiger partial charge < -0.3 is 15.0 Å². The number of thiophene rings is 1. The Hall–Kier alpha value is -2.46. The molecule has 3 aromatic rings. The Bertz CT molecular complexity index is 1050. The molecule has 28 heavy (non-hydrogen) atoms. The topological polar surface area (TPSA) is 84.1 Å². The Morgan fingerprint density at radius 3 is 2.71 bits per heavy atom. The number of fused-ring (bicyclic) bond motifs is 1. The van der Waals surface area contributed by atoms with Crippen LogP contribution in [0.5, 0.6) is 5.75 Å². The number of benzene rings is 1. The van der Waals surface area contributed by atoms with Crippen LogP contribution in [0.4, 0.5) is 8.78 Å². The van der Waals surface area contributed by atoms with Crippen molar-refractivity contribution in [2.24, 2.45) is 0 Å². The molecule has 6 nitrogen and oxygen atoms in total. The van der Waals surface area contributed by atoms with Crippen LogP contribution in [-0.2, 0) is 12.3 Å². The highest BCUT2D eigenvalue weighted by atomic mass is 32.2. The molecule has 2 aromatic heterocycles. The number of carbonyl (C=O) groups is 1. The molecule has 0 spiro atoms. The van der Waals surface area contributed by atoms with Gasteiger partial charge in [-0.3, -0.25) is 9.59 Å². The number of amides is 1. The number of hydrogen-bond donors (Lipinski definition) is 2. The fourth-order valence-electron chi connectivity index (χ4n) is 2.66.